The fourth-order valence-corrected chi connectivity index (χ4v) is 3.33. The molecule has 36 heavy (non-hydrogen) atoms. The fraction of sp³-hybridized carbons (Fsp3) is 0.348. The van der Waals surface area contributed by atoms with Crippen LogP contribution in [0.15, 0.2) is 45.7 Å². The number of piperidine rings is 1. The molecule has 0 radical (unpaired) electrons. The molecule has 0 spiro atoms. The minimum atomic E-state index is -0.940. The molecule has 2 heterocycles. The van der Waals surface area contributed by atoms with Crippen LogP contribution in [0.1, 0.15) is 32.3 Å². The van der Waals surface area contributed by atoms with Gasteiger partial charge in [-0.2, -0.15) is 0 Å². The third-order valence-electron chi connectivity index (χ3n) is 5.04. The molecule has 3 rings (SSSR count). The second-order valence-electron chi connectivity index (χ2n) is 7.55. The molecule has 2 aromatic rings. The quantitative estimate of drug-likeness (QED) is 0.314. The summed E-state index contributed by atoms with van der Waals surface area (Å²) in [4.78, 5) is 35.8. The minimum absolute atomic E-state index is 0.164. The Morgan fingerprint density at radius 3 is 2.67 bits per heavy atom. The molecular weight excluding hydrogens is 469 g/mol. The van der Waals surface area contributed by atoms with Gasteiger partial charge in [0.05, 0.1) is 5.71 Å². The number of nitrogens with one attached hydrogen (secondary N) is 2. The van der Waals surface area contributed by atoms with Crippen molar-refractivity contribution in [3.63, 3.8) is 0 Å². The largest absolute Gasteiger partial charge is 0.444 e. The number of amides is 1. The number of nitrogens with zero attached hydrogens (tertiary/aromatic N) is 6. The highest BCUT2D eigenvalue weighted by molar-refractivity contribution is 5.91. The number of aromatic nitrogens is 2. The smallest absolute Gasteiger partial charge is 0.414 e. The molecule has 1 aliphatic heterocycles. The first-order chi connectivity index (χ1) is 17.4. The Morgan fingerprint density at radius 2 is 2.03 bits per heavy atom. The Balaban J connectivity index is 1.61. The van der Waals surface area contributed by atoms with E-state index in [2.05, 4.69) is 25.1 Å². The van der Waals surface area contributed by atoms with Crippen molar-refractivity contribution in [2.75, 3.05) is 24.5 Å². The highest BCUT2D eigenvalue weighted by Crippen LogP contribution is 2.25. The van der Waals surface area contributed by atoms with Crippen molar-refractivity contribution >= 4 is 35.9 Å². The van der Waals surface area contributed by atoms with Gasteiger partial charge in [-0.1, -0.05) is 23.4 Å². The van der Waals surface area contributed by atoms with Gasteiger partial charge in [0, 0.05) is 67.8 Å². The van der Waals surface area contributed by atoms with E-state index in [-0.39, 0.29) is 23.8 Å². The summed E-state index contributed by atoms with van der Waals surface area (Å²) in [5.41, 5.74) is 6.89. The highest BCUT2D eigenvalue weighted by atomic mass is 19.1. The summed E-state index contributed by atoms with van der Waals surface area (Å²) in [6, 6.07) is 4.97. The zero-order valence-corrected chi connectivity index (χ0v) is 20.1. The number of hydrogen-bond acceptors (Lipinski definition) is 9. The fourth-order valence-electron chi connectivity index (χ4n) is 3.33. The van der Waals surface area contributed by atoms with Crippen molar-refractivity contribution < 1.29 is 18.8 Å². The lowest BCUT2D eigenvalue weighted by molar-refractivity contribution is 0.143. The van der Waals surface area contributed by atoms with Gasteiger partial charge in [-0.3, -0.25) is 10.7 Å². The molecule has 1 aromatic carbocycles. The summed E-state index contributed by atoms with van der Waals surface area (Å²) >= 11 is 0. The number of carbonyl (C=O) groups is 1. The molecule has 1 aromatic heterocycles. The van der Waals surface area contributed by atoms with Crippen molar-refractivity contribution in [2.45, 2.75) is 33.3 Å². The van der Waals surface area contributed by atoms with Crippen molar-refractivity contribution in [2.24, 2.45) is 20.9 Å². The minimum Gasteiger partial charge on any atom is -0.444 e. The normalized spacial score (nSPS) is 14.0. The molecule has 1 amide bonds. The van der Waals surface area contributed by atoms with E-state index >= 15 is 4.39 Å². The van der Waals surface area contributed by atoms with E-state index in [9.17, 15) is 4.79 Å². The SMILES string of the molecule is C/C=N\C(=N/CC)ON=C1CCN(c2ncc(-c3cccc(COC(=O)NC(=N)N)c3F)cn2)CC1. The summed E-state index contributed by atoms with van der Waals surface area (Å²) in [5, 5.41) is 13.2. The van der Waals surface area contributed by atoms with Crippen LogP contribution < -0.4 is 16.0 Å². The number of halogens is 1. The zero-order chi connectivity index (χ0) is 25.9. The number of aliphatic imine (C=N–C) groups is 2. The van der Waals surface area contributed by atoms with E-state index in [1.807, 2.05) is 17.1 Å². The van der Waals surface area contributed by atoms with Crippen LogP contribution in [0, 0.1) is 11.2 Å². The van der Waals surface area contributed by atoms with Crippen LogP contribution in [0.2, 0.25) is 0 Å². The lowest BCUT2D eigenvalue weighted by atomic mass is 10.1. The lowest BCUT2D eigenvalue weighted by Gasteiger charge is -2.27. The summed E-state index contributed by atoms with van der Waals surface area (Å²) in [6.07, 6.45) is 5.12. The van der Waals surface area contributed by atoms with Gasteiger partial charge in [0.15, 0.2) is 5.96 Å². The van der Waals surface area contributed by atoms with Gasteiger partial charge < -0.3 is 20.2 Å². The number of oxime groups is 1. The van der Waals surface area contributed by atoms with Gasteiger partial charge in [-0.05, 0) is 13.8 Å². The highest BCUT2D eigenvalue weighted by Gasteiger charge is 2.19. The summed E-state index contributed by atoms with van der Waals surface area (Å²) < 4.78 is 19.9. The van der Waals surface area contributed by atoms with Crippen molar-refractivity contribution in [1.29, 1.82) is 5.41 Å². The number of benzene rings is 1. The molecular formula is C23H28FN9O3. The van der Waals surface area contributed by atoms with E-state index in [0.29, 0.717) is 44.0 Å². The number of guanidine groups is 1. The Morgan fingerprint density at radius 1 is 1.31 bits per heavy atom. The number of hydrogen-bond donors (Lipinski definition) is 3. The van der Waals surface area contributed by atoms with Crippen LogP contribution >= 0.6 is 0 Å². The molecule has 1 aliphatic rings. The number of nitrogens with two attached hydrogens (primary N) is 1. The Bertz CT molecular complexity index is 1160. The van der Waals surface area contributed by atoms with E-state index in [4.69, 9.17) is 20.7 Å². The Labute approximate surface area is 207 Å². The monoisotopic (exact) mass is 497 g/mol. The van der Waals surface area contributed by atoms with E-state index in [0.717, 1.165) is 5.71 Å². The van der Waals surface area contributed by atoms with Crippen molar-refractivity contribution in [3.8, 4) is 11.1 Å². The third kappa shape index (κ3) is 7.29. The van der Waals surface area contributed by atoms with Gasteiger partial charge in [-0.25, -0.2) is 29.1 Å². The van der Waals surface area contributed by atoms with Crippen LogP contribution in [-0.2, 0) is 16.2 Å². The maximum absolute atomic E-state index is 15.0. The first-order valence-corrected chi connectivity index (χ1v) is 11.3. The molecule has 0 saturated carbocycles. The van der Waals surface area contributed by atoms with Gasteiger partial charge in [0.1, 0.15) is 12.4 Å². The summed E-state index contributed by atoms with van der Waals surface area (Å²) in [7, 11) is 0. The van der Waals surface area contributed by atoms with E-state index in [1.165, 1.54) is 6.07 Å². The molecule has 13 heteroatoms. The Hall–Kier alpha value is -4.42. The van der Waals surface area contributed by atoms with Gasteiger partial charge >= 0.3 is 12.1 Å². The van der Waals surface area contributed by atoms with Crippen LogP contribution in [0.5, 0.6) is 0 Å². The molecule has 1 fully saturated rings. The molecule has 0 bridgehead atoms. The average Bonchev–Trinajstić information content (AvgIpc) is 2.87. The molecule has 1 saturated heterocycles. The average molecular weight is 498 g/mol. The first kappa shape index (κ1) is 26.2. The number of ether oxygens (including phenoxy) is 1. The molecule has 4 N–H and O–H groups in total. The maximum Gasteiger partial charge on any atom is 0.414 e. The number of amidine groups is 1. The summed E-state index contributed by atoms with van der Waals surface area (Å²) in [5.74, 6) is -0.584. The number of alkyl carbamates (subject to hydrolysis) is 1. The molecule has 0 aliphatic carbocycles. The number of rotatable bonds is 6. The third-order valence-corrected chi connectivity index (χ3v) is 5.04. The maximum atomic E-state index is 15.0. The summed E-state index contributed by atoms with van der Waals surface area (Å²) in [6.45, 7) is 5.21. The predicted molar refractivity (Wildman–Crippen MR) is 135 cm³/mol. The van der Waals surface area contributed by atoms with Crippen LogP contribution in [0.25, 0.3) is 11.1 Å². The van der Waals surface area contributed by atoms with Crippen LogP contribution in [-0.4, -0.2) is 59.6 Å². The lowest BCUT2D eigenvalue weighted by Crippen LogP contribution is -2.36. The van der Waals surface area contributed by atoms with E-state index in [1.54, 1.807) is 37.7 Å². The second-order valence-corrected chi connectivity index (χ2v) is 7.55. The number of anilines is 1. The first-order valence-electron chi connectivity index (χ1n) is 11.3. The molecule has 0 unspecified atom stereocenters. The molecule has 190 valence electrons. The van der Waals surface area contributed by atoms with Crippen LogP contribution in [0.4, 0.5) is 15.1 Å². The van der Waals surface area contributed by atoms with Crippen molar-refractivity contribution in [3.05, 3.63) is 42.0 Å². The predicted octanol–water partition coefficient (Wildman–Crippen LogP) is 2.84. The topological polar surface area (TPSA) is 164 Å². The number of carbonyl (C=O) groups excluding carboxylic acids is 1. The molecule has 0 atom stereocenters. The Kier molecular flexibility index (Phi) is 9.37. The zero-order valence-electron chi connectivity index (χ0n) is 20.1. The molecule has 12 nitrogen and oxygen atoms in total. The second kappa shape index (κ2) is 12.9. The van der Waals surface area contributed by atoms with Crippen molar-refractivity contribution in [1.82, 2.24) is 15.3 Å². The van der Waals surface area contributed by atoms with Crippen LogP contribution in [0.3, 0.4) is 0 Å². The van der Waals surface area contributed by atoms with Gasteiger partial charge in [-0.15, -0.1) is 0 Å². The standard InChI is InChI=1S/C23H28FN9O3/c1-3-27-22(28-4-2)36-32-17-8-10-33(11-9-17)21-29-12-16(13-30-21)18-7-5-6-15(19(18)24)14-35-23(34)31-20(25)26/h3,5-7,12-13H,4,8-11,14H2,1-2H3,(H4,25,26,31,34)/b27-3-,28-22+. The van der Waals surface area contributed by atoms with Gasteiger partial charge in [0.2, 0.25) is 5.95 Å². The van der Waals surface area contributed by atoms with E-state index < -0.39 is 17.9 Å². The van der Waals surface area contributed by atoms with Gasteiger partial charge in [0.25, 0.3) is 0 Å².